The third kappa shape index (κ3) is 5.81. The lowest BCUT2D eigenvalue weighted by Crippen LogP contribution is -2.47. The summed E-state index contributed by atoms with van der Waals surface area (Å²) in [6.45, 7) is 0. The molecule has 7 heteroatoms. The van der Waals surface area contributed by atoms with Crippen molar-refractivity contribution in [2.75, 3.05) is 4.90 Å². The molecule has 2 amide bonds. The number of H-pyrrole nitrogens is 1. The minimum Gasteiger partial charge on any atom is -0.351 e. The summed E-state index contributed by atoms with van der Waals surface area (Å²) in [5.41, 5.74) is 3.07. The van der Waals surface area contributed by atoms with Crippen LogP contribution in [0.3, 0.4) is 0 Å². The van der Waals surface area contributed by atoms with Crippen LogP contribution in [0.2, 0.25) is 5.02 Å². The van der Waals surface area contributed by atoms with Gasteiger partial charge >= 0.3 is 0 Å². The maximum atomic E-state index is 14.2. The summed E-state index contributed by atoms with van der Waals surface area (Å²) in [7, 11) is 0. The topological polar surface area (TPSA) is 65.2 Å². The summed E-state index contributed by atoms with van der Waals surface area (Å²) in [5.74, 6) is -1.11. The molecule has 1 fully saturated rings. The zero-order chi connectivity index (χ0) is 26.5. The number of hydrogen-bond acceptors (Lipinski definition) is 2. The summed E-state index contributed by atoms with van der Waals surface area (Å²) in [4.78, 5) is 32.7. The van der Waals surface area contributed by atoms with Gasteiger partial charge in [0.2, 0.25) is 5.91 Å². The molecular weight excluding hydrogens is 501 g/mol. The lowest BCUT2D eigenvalue weighted by atomic mass is 9.94. The zero-order valence-corrected chi connectivity index (χ0v) is 21.6. The number of aromatic amines is 1. The van der Waals surface area contributed by atoms with Gasteiger partial charge in [-0.3, -0.25) is 14.5 Å². The van der Waals surface area contributed by atoms with Crippen LogP contribution in [-0.2, 0) is 4.79 Å². The fraction of sp³-hybridized carbons (Fsp3) is 0.226. The number of halogens is 2. The second kappa shape index (κ2) is 11.7. The summed E-state index contributed by atoms with van der Waals surface area (Å²) < 4.78 is 13.9. The molecule has 0 bridgehead atoms. The van der Waals surface area contributed by atoms with Crippen molar-refractivity contribution in [3.8, 4) is 11.3 Å². The van der Waals surface area contributed by atoms with Gasteiger partial charge in [-0.05, 0) is 72.5 Å². The Morgan fingerprint density at radius 2 is 1.55 bits per heavy atom. The van der Waals surface area contributed by atoms with Crippen LogP contribution in [0.4, 0.5) is 10.1 Å². The lowest BCUT2D eigenvalue weighted by Gasteiger charge is -2.33. The summed E-state index contributed by atoms with van der Waals surface area (Å²) in [5, 5.41) is 3.68. The van der Waals surface area contributed by atoms with E-state index in [1.54, 1.807) is 42.5 Å². The van der Waals surface area contributed by atoms with Gasteiger partial charge in [0.05, 0.1) is 0 Å². The van der Waals surface area contributed by atoms with Gasteiger partial charge in [-0.25, -0.2) is 4.39 Å². The second-order valence-electron chi connectivity index (χ2n) is 9.60. The average Bonchev–Trinajstić information content (AvgIpc) is 3.44. The molecule has 1 heterocycles. The van der Waals surface area contributed by atoms with Gasteiger partial charge in [-0.15, -0.1) is 0 Å². The van der Waals surface area contributed by atoms with Crippen LogP contribution in [0.1, 0.15) is 54.2 Å². The molecule has 0 aliphatic heterocycles. The Kier molecular flexibility index (Phi) is 7.89. The molecule has 0 saturated heterocycles. The van der Waals surface area contributed by atoms with Crippen LogP contribution in [0.5, 0.6) is 0 Å². The van der Waals surface area contributed by atoms with E-state index in [0.29, 0.717) is 22.0 Å². The van der Waals surface area contributed by atoms with Crippen molar-refractivity contribution in [1.82, 2.24) is 10.3 Å². The highest BCUT2D eigenvalue weighted by Crippen LogP contribution is 2.32. The summed E-state index contributed by atoms with van der Waals surface area (Å²) in [6.07, 6.45) is 5.05. The highest BCUT2D eigenvalue weighted by Gasteiger charge is 2.35. The first-order valence-corrected chi connectivity index (χ1v) is 13.3. The summed E-state index contributed by atoms with van der Waals surface area (Å²) in [6, 6.07) is 24.8. The molecule has 5 nitrogen and oxygen atoms in total. The molecule has 4 aromatic rings. The van der Waals surface area contributed by atoms with Gasteiger partial charge in [-0.1, -0.05) is 73.3 Å². The SMILES string of the molecule is O=C(NC1CCCCC1)C(c1ccc(F)cc1)N(C(=O)c1ccc(-c2ccccc2)[nH]1)c1ccc(Cl)cc1. The van der Waals surface area contributed by atoms with Crippen LogP contribution in [0.15, 0.2) is 91.0 Å². The largest absolute Gasteiger partial charge is 0.351 e. The van der Waals surface area contributed by atoms with E-state index >= 15 is 0 Å². The van der Waals surface area contributed by atoms with Gasteiger partial charge in [0, 0.05) is 22.4 Å². The van der Waals surface area contributed by atoms with Crippen LogP contribution >= 0.6 is 11.6 Å². The second-order valence-corrected chi connectivity index (χ2v) is 10.0. The third-order valence-corrected chi connectivity index (χ3v) is 7.22. The predicted molar refractivity (Wildman–Crippen MR) is 149 cm³/mol. The molecule has 2 N–H and O–H groups in total. The molecule has 1 unspecified atom stereocenters. The number of aromatic nitrogens is 1. The molecule has 38 heavy (non-hydrogen) atoms. The van der Waals surface area contributed by atoms with Gasteiger partial charge in [0.1, 0.15) is 17.6 Å². The quantitative estimate of drug-likeness (QED) is 0.263. The Morgan fingerprint density at radius 3 is 2.24 bits per heavy atom. The molecule has 3 aromatic carbocycles. The van der Waals surface area contributed by atoms with Crippen molar-refractivity contribution < 1.29 is 14.0 Å². The first-order valence-electron chi connectivity index (χ1n) is 12.9. The van der Waals surface area contributed by atoms with E-state index in [4.69, 9.17) is 11.6 Å². The van der Waals surface area contributed by atoms with E-state index in [1.165, 1.54) is 17.0 Å². The van der Waals surface area contributed by atoms with Crippen LogP contribution < -0.4 is 10.2 Å². The van der Waals surface area contributed by atoms with E-state index in [0.717, 1.165) is 43.4 Å². The average molecular weight is 530 g/mol. The Bertz CT molecular complexity index is 1380. The number of anilines is 1. The lowest BCUT2D eigenvalue weighted by molar-refractivity contribution is -0.123. The minimum atomic E-state index is -1.02. The van der Waals surface area contributed by atoms with Crippen LogP contribution in [-0.4, -0.2) is 22.8 Å². The van der Waals surface area contributed by atoms with Crippen LogP contribution in [0.25, 0.3) is 11.3 Å². The smallest absolute Gasteiger partial charge is 0.275 e. The Labute approximate surface area is 226 Å². The maximum absolute atomic E-state index is 14.2. The molecule has 1 aromatic heterocycles. The van der Waals surface area contributed by atoms with Gasteiger partial charge in [-0.2, -0.15) is 0 Å². The number of rotatable bonds is 7. The fourth-order valence-electron chi connectivity index (χ4n) is 5.01. The fourth-order valence-corrected chi connectivity index (χ4v) is 5.14. The van der Waals surface area contributed by atoms with Crippen LogP contribution in [0, 0.1) is 5.82 Å². The van der Waals surface area contributed by atoms with Gasteiger partial charge < -0.3 is 10.3 Å². The standard InChI is InChI=1S/C31H29ClFN3O2/c32-23-13-17-26(18-14-23)36(31(38)28-20-19-27(35-28)21-7-3-1-4-8-21)29(22-11-15-24(33)16-12-22)30(37)34-25-9-5-2-6-10-25/h1,3-4,7-8,11-20,25,29,35H,2,5-6,9-10H2,(H,34,37). The van der Waals surface area contributed by atoms with Gasteiger partial charge in [0.15, 0.2) is 0 Å². The monoisotopic (exact) mass is 529 g/mol. The maximum Gasteiger partial charge on any atom is 0.275 e. The Balaban J connectivity index is 1.57. The van der Waals surface area contributed by atoms with Crippen molar-refractivity contribution in [2.24, 2.45) is 0 Å². The number of carbonyl (C=O) groups excluding carboxylic acids is 2. The predicted octanol–water partition coefficient (Wildman–Crippen LogP) is 7.31. The highest BCUT2D eigenvalue weighted by atomic mass is 35.5. The van der Waals surface area contributed by atoms with E-state index < -0.39 is 11.9 Å². The zero-order valence-electron chi connectivity index (χ0n) is 20.9. The van der Waals surface area contributed by atoms with E-state index in [2.05, 4.69) is 10.3 Å². The molecule has 194 valence electrons. The number of nitrogens with zero attached hydrogens (tertiary/aromatic N) is 1. The molecule has 5 rings (SSSR count). The number of amides is 2. The number of benzene rings is 3. The van der Waals surface area contributed by atoms with Crippen molar-refractivity contribution in [1.29, 1.82) is 0 Å². The first kappa shape index (κ1) is 25.7. The molecule has 1 aliphatic carbocycles. The molecule has 0 spiro atoms. The normalized spacial score (nSPS) is 14.6. The van der Waals surface area contributed by atoms with Crippen molar-refractivity contribution in [3.63, 3.8) is 0 Å². The molecule has 1 saturated carbocycles. The van der Waals surface area contributed by atoms with E-state index in [-0.39, 0.29) is 17.9 Å². The van der Waals surface area contributed by atoms with Crippen molar-refractivity contribution in [3.05, 3.63) is 113 Å². The van der Waals surface area contributed by atoms with E-state index in [1.807, 2.05) is 36.4 Å². The first-order chi connectivity index (χ1) is 18.5. The number of carbonyl (C=O) groups is 2. The van der Waals surface area contributed by atoms with Crippen molar-refractivity contribution in [2.45, 2.75) is 44.2 Å². The Hall–Kier alpha value is -3.90. The van der Waals surface area contributed by atoms with E-state index in [9.17, 15) is 14.0 Å². The highest BCUT2D eigenvalue weighted by molar-refractivity contribution is 6.30. The molecule has 0 radical (unpaired) electrons. The number of hydrogen-bond donors (Lipinski definition) is 2. The molecule has 1 atom stereocenters. The summed E-state index contributed by atoms with van der Waals surface area (Å²) >= 11 is 6.16. The molecule has 1 aliphatic rings. The number of nitrogens with one attached hydrogen (secondary N) is 2. The van der Waals surface area contributed by atoms with Gasteiger partial charge in [0.25, 0.3) is 5.91 Å². The minimum absolute atomic E-state index is 0.0385. The molecular formula is C31H29ClFN3O2. The third-order valence-electron chi connectivity index (χ3n) is 6.97. The Morgan fingerprint density at radius 1 is 0.868 bits per heavy atom. The van der Waals surface area contributed by atoms with Crippen molar-refractivity contribution >= 4 is 29.1 Å².